The third kappa shape index (κ3) is 3.19. The van der Waals surface area contributed by atoms with E-state index in [4.69, 9.17) is 10.5 Å². The highest BCUT2D eigenvalue weighted by Crippen LogP contribution is 2.39. The molecule has 1 aromatic rings. The van der Waals surface area contributed by atoms with Gasteiger partial charge in [0.2, 0.25) is 5.92 Å². The first-order valence-corrected chi connectivity index (χ1v) is 6.33. The third-order valence-electron chi connectivity index (χ3n) is 3.39. The van der Waals surface area contributed by atoms with E-state index in [0.717, 1.165) is 5.56 Å². The van der Waals surface area contributed by atoms with E-state index in [1.807, 2.05) is 31.2 Å². The Morgan fingerprint density at radius 2 is 2.17 bits per heavy atom. The van der Waals surface area contributed by atoms with E-state index >= 15 is 0 Å². The smallest absolute Gasteiger partial charge is 0.248 e. The van der Waals surface area contributed by atoms with E-state index in [1.165, 1.54) is 0 Å². The first kappa shape index (κ1) is 13.3. The molecule has 0 bridgehead atoms. The zero-order chi connectivity index (χ0) is 13.2. The lowest BCUT2D eigenvalue weighted by atomic mass is 10.1. The molecule has 2 atom stereocenters. The Hall–Kier alpha value is -1.16. The summed E-state index contributed by atoms with van der Waals surface area (Å²) >= 11 is 0. The Morgan fingerprint density at radius 3 is 2.78 bits per heavy atom. The van der Waals surface area contributed by atoms with Crippen LogP contribution in [0.4, 0.5) is 8.78 Å². The molecule has 1 fully saturated rings. The van der Waals surface area contributed by atoms with Crippen LogP contribution in [0.2, 0.25) is 0 Å². The molecule has 4 heteroatoms. The molecule has 0 aromatic heterocycles. The first-order valence-electron chi connectivity index (χ1n) is 6.33. The number of benzene rings is 1. The van der Waals surface area contributed by atoms with Crippen molar-refractivity contribution in [2.75, 3.05) is 6.61 Å². The van der Waals surface area contributed by atoms with Gasteiger partial charge in [-0.3, -0.25) is 0 Å². The Bertz CT molecular complexity index is 407. The Morgan fingerprint density at radius 1 is 1.44 bits per heavy atom. The monoisotopic (exact) mass is 255 g/mol. The van der Waals surface area contributed by atoms with Crippen LogP contribution in [0.15, 0.2) is 24.3 Å². The molecule has 0 spiro atoms. The molecule has 1 aromatic carbocycles. The maximum atomic E-state index is 13.1. The normalized spacial score (nSPS) is 23.9. The number of hydrogen-bond donors (Lipinski definition) is 1. The van der Waals surface area contributed by atoms with Crippen molar-refractivity contribution in [3.63, 3.8) is 0 Å². The number of rotatable bonds is 4. The minimum Gasteiger partial charge on any atom is -0.493 e. The highest BCUT2D eigenvalue weighted by Gasteiger charge is 2.39. The summed E-state index contributed by atoms with van der Waals surface area (Å²) in [7, 11) is 0. The molecule has 1 aliphatic carbocycles. The van der Waals surface area contributed by atoms with Crippen molar-refractivity contribution < 1.29 is 13.5 Å². The average Bonchev–Trinajstić information content (AvgIpc) is 2.66. The molecular formula is C14H19F2NO. The second-order valence-electron chi connectivity index (χ2n) is 5.10. The second kappa shape index (κ2) is 5.22. The molecule has 0 amide bonds. The number of ether oxygens (including phenoxy) is 1. The maximum Gasteiger partial charge on any atom is 0.248 e. The minimum atomic E-state index is -2.51. The van der Waals surface area contributed by atoms with Crippen LogP contribution in [-0.2, 0) is 0 Å². The first-order chi connectivity index (χ1) is 8.48. The lowest BCUT2D eigenvalue weighted by Crippen LogP contribution is -2.15. The fraction of sp³-hybridized carbons (Fsp3) is 0.571. The van der Waals surface area contributed by atoms with E-state index in [1.54, 1.807) is 0 Å². The van der Waals surface area contributed by atoms with Gasteiger partial charge in [-0.15, -0.1) is 0 Å². The summed E-state index contributed by atoms with van der Waals surface area (Å²) in [4.78, 5) is 0. The molecule has 0 radical (unpaired) electrons. The highest BCUT2D eigenvalue weighted by atomic mass is 19.3. The van der Waals surface area contributed by atoms with Crippen LogP contribution in [0.3, 0.4) is 0 Å². The fourth-order valence-electron chi connectivity index (χ4n) is 2.38. The van der Waals surface area contributed by atoms with E-state index < -0.39 is 5.92 Å². The molecule has 0 saturated heterocycles. The van der Waals surface area contributed by atoms with Gasteiger partial charge in [0.1, 0.15) is 5.75 Å². The summed E-state index contributed by atoms with van der Waals surface area (Å²) < 4.78 is 31.8. The van der Waals surface area contributed by atoms with Crippen molar-refractivity contribution in [2.45, 2.75) is 38.2 Å². The maximum absolute atomic E-state index is 13.1. The van der Waals surface area contributed by atoms with Crippen LogP contribution in [0.5, 0.6) is 5.75 Å². The topological polar surface area (TPSA) is 35.2 Å². The fourth-order valence-corrected chi connectivity index (χ4v) is 2.38. The van der Waals surface area contributed by atoms with Gasteiger partial charge in [0.05, 0.1) is 6.61 Å². The van der Waals surface area contributed by atoms with Crippen molar-refractivity contribution in [1.29, 1.82) is 0 Å². The van der Waals surface area contributed by atoms with E-state index in [2.05, 4.69) is 0 Å². The Kier molecular flexibility index (Phi) is 3.85. The van der Waals surface area contributed by atoms with Gasteiger partial charge in [0.25, 0.3) is 0 Å². The van der Waals surface area contributed by atoms with Gasteiger partial charge in [0.15, 0.2) is 0 Å². The van der Waals surface area contributed by atoms with Gasteiger partial charge in [-0.25, -0.2) is 8.78 Å². The summed E-state index contributed by atoms with van der Waals surface area (Å²) in [5.41, 5.74) is 6.76. The van der Waals surface area contributed by atoms with Crippen molar-refractivity contribution in [1.82, 2.24) is 0 Å². The summed E-state index contributed by atoms with van der Waals surface area (Å²) in [6.45, 7) is 2.23. The lowest BCUT2D eigenvalue weighted by Gasteiger charge is -2.16. The largest absolute Gasteiger partial charge is 0.493 e. The van der Waals surface area contributed by atoms with Crippen LogP contribution in [0, 0.1) is 5.92 Å². The summed E-state index contributed by atoms with van der Waals surface area (Å²) in [5, 5.41) is 0. The van der Waals surface area contributed by atoms with E-state index in [0.29, 0.717) is 18.8 Å². The molecule has 1 aliphatic rings. The molecule has 1 saturated carbocycles. The predicted molar refractivity (Wildman–Crippen MR) is 66.8 cm³/mol. The number of hydrogen-bond acceptors (Lipinski definition) is 2. The van der Waals surface area contributed by atoms with Gasteiger partial charge >= 0.3 is 0 Å². The highest BCUT2D eigenvalue weighted by molar-refractivity contribution is 5.35. The number of nitrogens with two attached hydrogens (primary N) is 1. The number of para-hydroxylation sites is 1. The summed E-state index contributed by atoms with van der Waals surface area (Å²) in [5.74, 6) is -1.85. The lowest BCUT2D eigenvalue weighted by molar-refractivity contribution is 0.00290. The van der Waals surface area contributed by atoms with Gasteiger partial charge in [-0.2, -0.15) is 0 Å². The predicted octanol–water partition coefficient (Wildman–Crippen LogP) is 3.52. The van der Waals surface area contributed by atoms with Crippen molar-refractivity contribution >= 4 is 0 Å². The van der Waals surface area contributed by atoms with Gasteiger partial charge in [-0.05, 0) is 25.3 Å². The number of alkyl halides is 2. The third-order valence-corrected chi connectivity index (χ3v) is 3.39. The molecule has 1 unspecified atom stereocenters. The zero-order valence-electron chi connectivity index (χ0n) is 10.5. The van der Waals surface area contributed by atoms with Crippen LogP contribution < -0.4 is 10.5 Å². The van der Waals surface area contributed by atoms with Crippen molar-refractivity contribution in [3.8, 4) is 5.75 Å². The molecule has 0 heterocycles. The minimum absolute atomic E-state index is 0.0179. The van der Waals surface area contributed by atoms with Crippen LogP contribution in [0.25, 0.3) is 0 Å². The molecular weight excluding hydrogens is 236 g/mol. The van der Waals surface area contributed by atoms with Crippen molar-refractivity contribution in [3.05, 3.63) is 29.8 Å². The Labute approximate surface area is 106 Å². The van der Waals surface area contributed by atoms with Crippen LogP contribution in [-0.4, -0.2) is 12.5 Å². The van der Waals surface area contributed by atoms with Gasteiger partial charge < -0.3 is 10.5 Å². The van der Waals surface area contributed by atoms with E-state index in [9.17, 15) is 8.78 Å². The molecule has 18 heavy (non-hydrogen) atoms. The van der Waals surface area contributed by atoms with Crippen LogP contribution in [0.1, 0.15) is 37.8 Å². The van der Waals surface area contributed by atoms with Crippen molar-refractivity contribution in [2.24, 2.45) is 11.7 Å². The summed E-state index contributed by atoms with van der Waals surface area (Å²) in [6, 6.07) is 7.39. The zero-order valence-corrected chi connectivity index (χ0v) is 10.5. The Balaban J connectivity index is 1.95. The quantitative estimate of drug-likeness (QED) is 0.893. The molecule has 0 aliphatic heterocycles. The summed E-state index contributed by atoms with van der Waals surface area (Å²) in [6.07, 6.45) is 0.455. The molecule has 2 rings (SSSR count). The number of halogens is 2. The molecule has 100 valence electrons. The SMILES string of the molecule is C[C@@H](N)c1ccccc1OCC1CCC(F)(F)C1. The van der Waals surface area contributed by atoms with E-state index in [-0.39, 0.29) is 24.8 Å². The second-order valence-corrected chi connectivity index (χ2v) is 5.10. The molecule has 2 nitrogen and oxygen atoms in total. The van der Waals surface area contributed by atoms with Gasteiger partial charge in [-0.1, -0.05) is 18.2 Å². The standard InChI is InChI=1S/C14H19F2NO/c1-10(17)12-4-2-3-5-13(12)18-9-11-6-7-14(15,16)8-11/h2-5,10-11H,6-9,17H2,1H3/t10-,11?/m1/s1. The van der Waals surface area contributed by atoms with Crippen LogP contribution >= 0.6 is 0 Å². The average molecular weight is 255 g/mol. The van der Waals surface area contributed by atoms with Gasteiger partial charge in [0, 0.05) is 24.4 Å². The molecule has 2 N–H and O–H groups in total.